The van der Waals surface area contributed by atoms with E-state index in [9.17, 15) is 4.79 Å². The molecule has 3 rings (SSSR count). The molecule has 1 aliphatic heterocycles. The third kappa shape index (κ3) is 4.38. The topological polar surface area (TPSA) is 68.7 Å². The number of nitrogens with zero attached hydrogens (tertiary/aromatic N) is 1. The maximum atomic E-state index is 12.9. The van der Waals surface area contributed by atoms with E-state index in [2.05, 4.69) is 12.1 Å². The second-order valence-corrected chi connectivity index (χ2v) is 5.76. The van der Waals surface area contributed by atoms with Crippen LogP contribution >= 0.6 is 12.4 Å². The maximum absolute atomic E-state index is 12.9. The van der Waals surface area contributed by atoms with Gasteiger partial charge in [0.15, 0.2) is 0 Å². The molecule has 5 nitrogen and oxygen atoms in total. The van der Waals surface area contributed by atoms with Gasteiger partial charge in [-0.3, -0.25) is 4.79 Å². The molecule has 2 aromatic rings. The molecule has 1 aromatic carbocycles. The average Bonchev–Trinajstić information content (AvgIpc) is 3.27. The van der Waals surface area contributed by atoms with Gasteiger partial charge in [0.05, 0.1) is 24.8 Å². The first-order valence-electron chi connectivity index (χ1n) is 7.98. The van der Waals surface area contributed by atoms with E-state index in [-0.39, 0.29) is 24.4 Å². The molecule has 1 aliphatic rings. The van der Waals surface area contributed by atoms with Crippen LogP contribution in [0.2, 0.25) is 0 Å². The molecule has 1 fully saturated rings. The Hall–Kier alpha value is -1.82. The number of carbonyl (C=O) groups excluding carboxylic acids is 1. The Morgan fingerprint density at radius 1 is 1.29 bits per heavy atom. The number of hydrogen-bond donors (Lipinski definition) is 1. The fourth-order valence-corrected chi connectivity index (χ4v) is 2.88. The van der Waals surface area contributed by atoms with Gasteiger partial charge >= 0.3 is 0 Å². The van der Waals surface area contributed by atoms with Crippen molar-refractivity contribution in [1.82, 2.24) is 4.90 Å². The summed E-state index contributed by atoms with van der Waals surface area (Å²) in [5.74, 6) is 0.610. The lowest BCUT2D eigenvalue weighted by molar-refractivity contribution is 0.0655. The van der Waals surface area contributed by atoms with Gasteiger partial charge in [0.2, 0.25) is 0 Å². The highest BCUT2D eigenvalue weighted by Gasteiger charge is 2.28. The van der Waals surface area contributed by atoms with Crippen molar-refractivity contribution in [1.29, 1.82) is 0 Å². The van der Waals surface area contributed by atoms with Gasteiger partial charge in [-0.15, -0.1) is 12.4 Å². The summed E-state index contributed by atoms with van der Waals surface area (Å²) < 4.78 is 10.8. The molecule has 1 saturated heterocycles. The first-order valence-corrected chi connectivity index (χ1v) is 7.98. The molecule has 0 saturated carbocycles. The minimum Gasteiger partial charge on any atom is -0.467 e. The summed E-state index contributed by atoms with van der Waals surface area (Å²) >= 11 is 0. The summed E-state index contributed by atoms with van der Waals surface area (Å²) in [5.41, 5.74) is 7.34. The molecule has 2 heterocycles. The number of halogens is 1. The zero-order chi connectivity index (χ0) is 16.1. The highest BCUT2D eigenvalue weighted by Crippen LogP contribution is 2.18. The van der Waals surface area contributed by atoms with Gasteiger partial charge in [-0.25, -0.2) is 0 Å². The summed E-state index contributed by atoms with van der Waals surface area (Å²) in [6.45, 7) is 2.27. The molecule has 6 heteroatoms. The van der Waals surface area contributed by atoms with Crippen LogP contribution in [0, 0.1) is 0 Å². The molecule has 1 amide bonds. The van der Waals surface area contributed by atoms with Crippen molar-refractivity contribution in [3.63, 3.8) is 0 Å². The van der Waals surface area contributed by atoms with Crippen LogP contribution in [0.4, 0.5) is 0 Å². The third-order valence-corrected chi connectivity index (χ3v) is 4.19. The van der Waals surface area contributed by atoms with E-state index in [0.29, 0.717) is 37.6 Å². The minimum absolute atomic E-state index is 0. The molecule has 1 atom stereocenters. The summed E-state index contributed by atoms with van der Waals surface area (Å²) in [6, 6.07) is 12.1. The van der Waals surface area contributed by atoms with E-state index in [0.717, 1.165) is 12.8 Å². The lowest BCUT2D eigenvalue weighted by Crippen LogP contribution is -2.42. The van der Waals surface area contributed by atoms with Gasteiger partial charge in [-0.1, -0.05) is 30.3 Å². The van der Waals surface area contributed by atoms with Gasteiger partial charge < -0.3 is 19.8 Å². The average molecular weight is 351 g/mol. The quantitative estimate of drug-likeness (QED) is 0.869. The molecule has 130 valence electrons. The largest absolute Gasteiger partial charge is 0.467 e. The number of amides is 1. The molecule has 0 bridgehead atoms. The predicted octanol–water partition coefficient (Wildman–Crippen LogP) is 2.63. The third-order valence-electron chi connectivity index (χ3n) is 4.19. The van der Waals surface area contributed by atoms with Crippen LogP contribution in [0.1, 0.15) is 28.1 Å². The number of hydrogen-bond acceptors (Lipinski definition) is 4. The molecule has 0 radical (unpaired) electrons. The molecule has 24 heavy (non-hydrogen) atoms. The molecule has 1 aromatic heterocycles. The van der Waals surface area contributed by atoms with Crippen LogP contribution in [0.15, 0.2) is 47.1 Å². The zero-order valence-corrected chi connectivity index (χ0v) is 14.3. The Bertz CT molecular complexity index is 639. The fraction of sp³-hybridized carbons (Fsp3) is 0.389. The van der Waals surface area contributed by atoms with E-state index >= 15 is 0 Å². The van der Waals surface area contributed by atoms with Crippen LogP contribution in [0.25, 0.3) is 0 Å². The number of furan rings is 1. The monoisotopic (exact) mass is 350 g/mol. The normalized spacial score (nSPS) is 16.6. The van der Waals surface area contributed by atoms with Gasteiger partial charge in [-0.2, -0.15) is 0 Å². The Kier molecular flexibility index (Phi) is 6.85. The Balaban J connectivity index is 0.00000208. The van der Waals surface area contributed by atoms with Crippen molar-refractivity contribution >= 4 is 18.3 Å². The van der Waals surface area contributed by atoms with Crippen molar-refractivity contribution in [3.05, 3.63) is 59.5 Å². The summed E-state index contributed by atoms with van der Waals surface area (Å²) in [7, 11) is 0. The first-order chi connectivity index (χ1) is 11.3. The van der Waals surface area contributed by atoms with E-state index < -0.39 is 0 Å². The van der Waals surface area contributed by atoms with Crippen LogP contribution in [-0.4, -0.2) is 36.6 Å². The molecular weight excluding hydrogens is 328 g/mol. The van der Waals surface area contributed by atoms with E-state index in [1.54, 1.807) is 6.07 Å². The first kappa shape index (κ1) is 18.5. The van der Waals surface area contributed by atoms with Crippen molar-refractivity contribution in [2.24, 2.45) is 5.73 Å². The second kappa shape index (κ2) is 8.87. The smallest absolute Gasteiger partial charge is 0.257 e. The standard InChI is InChI=1S/C18H22N2O3.ClH/c19-11-17-10-15(12-23-17)18(21)20(16-7-9-22-13-16)8-6-14-4-2-1-3-5-14;/h1-5,10,12,16H,6-9,11,13,19H2;1H. The molecule has 0 spiro atoms. The Morgan fingerprint density at radius 3 is 2.71 bits per heavy atom. The van der Waals surface area contributed by atoms with Crippen LogP contribution in [0.5, 0.6) is 0 Å². The van der Waals surface area contributed by atoms with E-state index in [1.165, 1.54) is 11.8 Å². The lowest BCUT2D eigenvalue weighted by Gasteiger charge is -2.27. The van der Waals surface area contributed by atoms with Crippen molar-refractivity contribution in [2.45, 2.75) is 25.4 Å². The lowest BCUT2D eigenvalue weighted by atomic mass is 10.1. The van der Waals surface area contributed by atoms with E-state index in [1.807, 2.05) is 23.1 Å². The van der Waals surface area contributed by atoms with Gasteiger partial charge in [0, 0.05) is 13.2 Å². The number of benzene rings is 1. The molecule has 0 aliphatic carbocycles. The number of ether oxygens (including phenoxy) is 1. The van der Waals surface area contributed by atoms with Gasteiger partial charge in [0.25, 0.3) is 5.91 Å². The zero-order valence-electron chi connectivity index (χ0n) is 13.5. The molecule has 2 N–H and O–H groups in total. The number of carbonyl (C=O) groups is 1. The molecule has 1 unspecified atom stereocenters. The fourth-order valence-electron chi connectivity index (χ4n) is 2.88. The number of rotatable bonds is 6. The minimum atomic E-state index is -0.0140. The highest BCUT2D eigenvalue weighted by molar-refractivity contribution is 5.94. The Morgan fingerprint density at radius 2 is 2.08 bits per heavy atom. The maximum Gasteiger partial charge on any atom is 0.257 e. The predicted molar refractivity (Wildman–Crippen MR) is 94.3 cm³/mol. The molecular formula is C18H23ClN2O3. The van der Waals surface area contributed by atoms with Crippen LogP contribution < -0.4 is 5.73 Å². The van der Waals surface area contributed by atoms with Crippen LogP contribution in [0.3, 0.4) is 0 Å². The van der Waals surface area contributed by atoms with Crippen molar-refractivity contribution in [2.75, 3.05) is 19.8 Å². The SMILES string of the molecule is Cl.NCc1cc(C(=O)N(CCc2ccccc2)C2CCOC2)co1. The second-order valence-electron chi connectivity index (χ2n) is 5.76. The van der Waals surface area contributed by atoms with E-state index in [4.69, 9.17) is 14.9 Å². The van der Waals surface area contributed by atoms with Crippen LogP contribution in [-0.2, 0) is 17.7 Å². The summed E-state index contributed by atoms with van der Waals surface area (Å²) in [5, 5.41) is 0. The van der Waals surface area contributed by atoms with Crippen molar-refractivity contribution < 1.29 is 13.9 Å². The number of nitrogens with two attached hydrogens (primary N) is 1. The Labute approximate surface area is 148 Å². The van der Waals surface area contributed by atoms with Crippen molar-refractivity contribution in [3.8, 4) is 0 Å². The summed E-state index contributed by atoms with van der Waals surface area (Å²) in [4.78, 5) is 14.8. The summed E-state index contributed by atoms with van der Waals surface area (Å²) in [6.07, 6.45) is 3.20. The highest BCUT2D eigenvalue weighted by atomic mass is 35.5. The van der Waals surface area contributed by atoms with Gasteiger partial charge in [-0.05, 0) is 24.5 Å². The van der Waals surface area contributed by atoms with Gasteiger partial charge in [0.1, 0.15) is 12.0 Å².